The summed E-state index contributed by atoms with van der Waals surface area (Å²) >= 11 is 0. The van der Waals surface area contributed by atoms with Crippen LogP contribution in [0.3, 0.4) is 0 Å². The lowest BCUT2D eigenvalue weighted by Crippen LogP contribution is -2.07. The zero-order valence-electron chi connectivity index (χ0n) is 31.9. The molecular formula is C52H33N5O2. The van der Waals surface area contributed by atoms with Crippen LogP contribution in [0, 0.1) is 6.92 Å². The summed E-state index contributed by atoms with van der Waals surface area (Å²) in [5, 5.41) is 7.41. The molecule has 0 aliphatic heterocycles. The highest BCUT2D eigenvalue weighted by Gasteiger charge is 2.24. The molecule has 0 radical (unpaired) electrons. The van der Waals surface area contributed by atoms with Crippen molar-refractivity contribution in [2.45, 2.75) is 6.92 Å². The standard InChI is InChI=1S/C52H33N5O2/c1-3-4-16-35-31(2)56(34-14-6-5-7-15-34)48-39(35)25-26-40-36-17-8-11-20-43(36)57(49(40)48)52-54-50(32-23-27-46-41(29-32)37-18-9-12-21-44(37)58-46)53-51(55-52)33-24-28-47-42(30-33)38-19-10-13-22-45(38)59-47/h3-30H,1H2,2H3/b16-4-. The minimum atomic E-state index is 0.514. The van der Waals surface area contributed by atoms with E-state index in [1.54, 1.807) is 0 Å². The summed E-state index contributed by atoms with van der Waals surface area (Å²) < 4.78 is 17.0. The zero-order chi connectivity index (χ0) is 39.2. The van der Waals surface area contributed by atoms with E-state index in [0.717, 1.165) is 105 Å². The smallest absolute Gasteiger partial charge is 0.238 e. The van der Waals surface area contributed by atoms with Crippen LogP contribution in [0.4, 0.5) is 0 Å². The van der Waals surface area contributed by atoms with Gasteiger partial charge in [-0.05, 0) is 73.7 Å². The van der Waals surface area contributed by atoms with Crippen LogP contribution < -0.4 is 0 Å². The third-order valence-electron chi connectivity index (χ3n) is 11.6. The minimum absolute atomic E-state index is 0.514. The van der Waals surface area contributed by atoms with Gasteiger partial charge in [0.05, 0.1) is 16.6 Å². The highest BCUT2D eigenvalue weighted by molar-refractivity contribution is 6.19. The maximum Gasteiger partial charge on any atom is 0.238 e. The fraction of sp³-hybridized carbons (Fsp3) is 0.0192. The first-order valence-corrected chi connectivity index (χ1v) is 19.6. The molecule has 0 atom stereocenters. The maximum atomic E-state index is 6.23. The van der Waals surface area contributed by atoms with Crippen LogP contribution in [0.5, 0.6) is 0 Å². The Morgan fingerprint density at radius 3 is 1.68 bits per heavy atom. The first-order valence-electron chi connectivity index (χ1n) is 19.6. The third kappa shape index (κ3) is 4.98. The average Bonchev–Trinajstić information content (AvgIpc) is 4.02. The van der Waals surface area contributed by atoms with Crippen molar-refractivity contribution in [1.29, 1.82) is 0 Å². The topological polar surface area (TPSA) is 74.8 Å². The van der Waals surface area contributed by atoms with Gasteiger partial charge < -0.3 is 13.4 Å². The number of hydrogen-bond donors (Lipinski definition) is 0. The van der Waals surface area contributed by atoms with Crippen molar-refractivity contribution in [3.05, 3.63) is 182 Å². The van der Waals surface area contributed by atoms with Gasteiger partial charge in [0.15, 0.2) is 11.6 Å². The van der Waals surface area contributed by atoms with Gasteiger partial charge in [0.1, 0.15) is 22.3 Å². The van der Waals surface area contributed by atoms with Crippen LogP contribution in [-0.4, -0.2) is 24.1 Å². The Hall–Kier alpha value is -8.03. The average molecular weight is 760 g/mol. The summed E-state index contributed by atoms with van der Waals surface area (Å²) in [5.74, 6) is 1.62. The number of para-hydroxylation sites is 4. The predicted molar refractivity (Wildman–Crippen MR) is 240 cm³/mol. The van der Waals surface area contributed by atoms with Crippen molar-refractivity contribution < 1.29 is 8.83 Å². The lowest BCUT2D eigenvalue weighted by molar-refractivity contribution is 0.668. The van der Waals surface area contributed by atoms with Crippen molar-refractivity contribution >= 4 is 82.7 Å². The molecule has 5 aromatic heterocycles. The molecule has 0 unspecified atom stereocenters. The number of nitrogens with zero attached hydrogens (tertiary/aromatic N) is 5. The van der Waals surface area contributed by atoms with Crippen LogP contribution in [-0.2, 0) is 0 Å². The van der Waals surface area contributed by atoms with Gasteiger partial charge in [-0.15, -0.1) is 0 Å². The van der Waals surface area contributed by atoms with E-state index >= 15 is 0 Å². The summed E-state index contributed by atoms with van der Waals surface area (Å²) in [4.78, 5) is 16.0. The monoisotopic (exact) mass is 759 g/mol. The fourth-order valence-electron chi connectivity index (χ4n) is 8.90. The van der Waals surface area contributed by atoms with E-state index < -0.39 is 0 Å². The first-order chi connectivity index (χ1) is 29.1. The molecule has 59 heavy (non-hydrogen) atoms. The molecule has 278 valence electrons. The predicted octanol–water partition coefficient (Wildman–Crippen LogP) is 13.6. The SMILES string of the molecule is C=C/C=C\c1c(C)n(-c2ccccc2)c2c1ccc1c3ccccc3n(-c3nc(-c4ccc5oc6ccccc6c5c4)nc(-c4ccc5oc6ccccc6c5c4)n3)c12. The maximum absolute atomic E-state index is 6.23. The number of hydrogen-bond acceptors (Lipinski definition) is 5. The van der Waals surface area contributed by atoms with E-state index in [1.165, 1.54) is 0 Å². The molecule has 0 aliphatic carbocycles. The quantitative estimate of drug-likeness (QED) is 0.158. The molecule has 7 heteroatoms. The summed E-state index contributed by atoms with van der Waals surface area (Å²) in [6.07, 6.45) is 5.97. The molecule has 0 aliphatic rings. The molecule has 7 aromatic carbocycles. The zero-order valence-corrected chi connectivity index (χ0v) is 31.9. The first kappa shape index (κ1) is 33.1. The van der Waals surface area contributed by atoms with Gasteiger partial charge in [0.25, 0.3) is 0 Å². The molecule has 5 heterocycles. The molecule has 12 rings (SSSR count). The van der Waals surface area contributed by atoms with Gasteiger partial charge in [-0.3, -0.25) is 4.57 Å². The van der Waals surface area contributed by atoms with Gasteiger partial charge in [-0.2, -0.15) is 9.97 Å². The van der Waals surface area contributed by atoms with Crippen molar-refractivity contribution in [3.63, 3.8) is 0 Å². The molecule has 0 N–H and O–H groups in total. The Kier molecular flexibility index (Phi) is 7.16. The van der Waals surface area contributed by atoms with E-state index in [9.17, 15) is 0 Å². The van der Waals surface area contributed by atoms with Crippen molar-refractivity contribution in [2.24, 2.45) is 0 Å². The second kappa shape index (κ2) is 12.7. The summed E-state index contributed by atoms with van der Waals surface area (Å²) in [7, 11) is 0. The lowest BCUT2D eigenvalue weighted by atomic mass is 10.1. The van der Waals surface area contributed by atoms with Crippen LogP contribution in [0.25, 0.3) is 117 Å². The van der Waals surface area contributed by atoms with E-state index in [0.29, 0.717) is 17.6 Å². The summed E-state index contributed by atoms with van der Waals surface area (Å²) in [5.41, 5.74) is 11.4. The van der Waals surface area contributed by atoms with Gasteiger partial charge in [-0.25, -0.2) is 4.98 Å². The Morgan fingerprint density at radius 2 is 1.03 bits per heavy atom. The molecule has 0 amide bonds. The minimum Gasteiger partial charge on any atom is -0.456 e. The molecule has 0 saturated heterocycles. The number of allylic oxidation sites excluding steroid dienone is 2. The van der Waals surface area contributed by atoms with Gasteiger partial charge in [0, 0.05) is 65.8 Å². The number of aromatic nitrogens is 5. The molecule has 0 saturated carbocycles. The van der Waals surface area contributed by atoms with Crippen molar-refractivity contribution in [3.8, 4) is 34.4 Å². The van der Waals surface area contributed by atoms with Crippen molar-refractivity contribution in [1.82, 2.24) is 24.1 Å². The number of benzene rings is 7. The molecular weight excluding hydrogens is 727 g/mol. The second-order valence-electron chi connectivity index (χ2n) is 14.9. The van der Waals surface area contributed by atoms with Crippen LogP contribution in [0.2, 0.25) is 0 Å². The van der Waals surface area contributed by atoms with Crippen molar-refractivity contribution in [2.75, 3.05) is 0 Å². The number of furan rings is 2. The highest BCUT2D eigenvalue weighted by atomic mass is 16.3. The van der Waals surface area contributed by atoms with E-state index in [1.807, 2.05) is 72.8 Å². The number of fused-ring (bicyclic) bond motifs is 11. The van der Waals surface area contributed by atoms with Crippen LogP contribution >= 0.6 is 0 Å². The highest BCUT2D eigenvalue weighted by Crippen LogP contribution is 2.42. The van der Waals surface area contributed by atoms with Gasteiger partial charge >= 0.3 is 0 Å². The second-order valence-corrected chi connectivity index (χ2v) is 14.9. The Bertz CT molecular complexity index is 3580. The van der Waals surface area contributed by atoms with E-state index in [-0.39, 0.29) is 0 Å². The Balaban J connectivity index is 1.20. The molecule has 0 bridgehead atoms. The van der Waals surface area contributed by atoms with E-state index in [2.05, 4.69) is 120 Å². The normalized spacial score (nSPS) is 12.2. The van der Waals surface area contributed by atoms with E-state index in [4.69, 9.17) is 23.8 Å². The van der Waals surface area contributed by atoms with Crippen LogP contribution in [0.1, 0.15) is 11.3 Å². The molecule has 7 nitrogen and oxygen atoms in total. The van der Waals surface area contributed by atoms with Gasteiger partial charge in [-0.1, -0.05) is 110 Å². The fourth-order valence-corrected chi connectivity index (χ4v) is 8.90. The van der Waals surface area contributed by atoms with Gasteiger partial charge in [0.2, 0.25) is 5.95 Å². The third-order valence-corrected chi connectivity index (χ3v) is 11.6. The summed E-state index contributed by atoms with van der Waals surface area (Å²) in [6, 6.07) is 52.1. The molecule has 12 aromatic rings. The molecule has 0 spiro atoms. The number of rotatable bonds is 6. The summed E-state index contributed by atoms with van der Waals surface area (Å²) in [6.45, 7) is 6.16. The largest absolute Gasteiger partial charge is 0.456 e. The Morgan fingerprint density at radius 1 is 0.492 bits per heavy atom. The Labute approximate surface area is 337 Å². The lowest BCUT2D eigenvalue weighted by Gasteiger charge is -2.13. The van der Waals surface area contributed by atoms with Crippen LogP contribution in [0.15, 0.2) is 179 Å². The molecule has 0 fully saturated rings.